The third kappa shape index (κ3) is 2.89. The number of ether oxygens (including phenoxy) is 1. The highest BCUT2D eigenvalue weighted by atomic mass is 16.5. The lowest BCUT2D eigenvalue weighted by Gasteiger charge is -2.50. The molecular formula is C18H32N2O. The molecule has 3 heteroatoms. The van der Waals surface area contributed by atoms with Gasteiger partial charge in [-0.15, -0.1) is 0 Å². The summed E-state index contributed by atoms with van der Waals surface area (Å²) < 4.78 is 6.04. The number of nitrogens with one attached hydrogen (secondary N) is 1. The van der Waals surface area contributed by atoms with Gasteiger partial charge in [0.25, 0.3) is 0 Å². The molecule has 4 atom stereocenters. The SMILES string of the molecule is CC(C)N1CC2CCCC(C1)C2NC1CCOC1C1CC1. The van der Waals surface area contributed by atoms with Gasteiger partial charge in [0.2, 0.25) is 0 Å². The van der Waals surface area contributed by atoms with Crippen LogP contribution in [0.5, 0.6) is 0 Å². The molecule has 2 heterocycles. The number of hydrogen-bond acceptors (Lipinski definition) is 3. The van der Waals surface area contributed by atoms with E-state index in [1.165, 1.54) is 51.6 Å². The zero-order valence-corrected chi connectivity index (χ0v) is 13.8. The number of likely N-dealkylation sites (tertiary alicyclic amines) is 1. The van der Waals surface area contributed by atoms with Crippen LogP contribution in [0.3, 0.4) is 0 Å². The Balaban J connectivity index is 1.42. The molecule has 2 saturated carbocycles. The van der Waals surface area contributed by atoms with Gasteiger partial charge in [-0.3, -0.25) is 0 Å². The first-order chi connectivity index (χ1) is 10.2. The molecule has 2 saturated heterocycles. The Bertz CT molecular complexity index is 354. The maximum absolute atomic E-state index is 6.04. The van der Waals surface area contributed by atoms with Crippen LogP contribution in [-0.2, 0) is 4.74 Å². The molecule has 4 fully saturated rings. The lowest BCUT2D eigenvalue weighted by Crippen LogP contribution is -2.61. The van der Waals surface area contributed by atoms with E-state index in [1.54, 1.807) is 0 Å². The van der Waals surface area contributed by atoms with Gasteiger partial charge in [-0.25, -0.2) is 0 Å². The maximum Gasteiger partial charge on any atom is 0.0757 e. The summed E-state index contributed by atoms with van der Waals surface area (Å²) in [6, 6.07) is 2.13. The molecule has 3 nitrogen and oxygen atoms in total. The molecule has 2 aliphatic heterocycles. The van der Waals surface area contributed by atoms with E-state index >= 15 is 0 Å². The number of piperidine rings is 1. The van der Waals surface area contributed by atoms with E-state index in [0.29, 0.717) is 18.2 Å². The molecule has 0 aromatic carbocycles. The van der Waals surface area contributed by atoms with Gasteiger partial charge in [0.15, 0.2) is 0 Å². The van der Waals surface area contributed by atoms with Crippen molar-refractivity contribution < 1.29 is 4.74 Å². The normalized spacial score (nSPS) is 44.4. The van der Waals surface area contributed by atoms with Gasteiger partial charge >= 0.3 is 0 Å². The van der Waals surface area contributed by atoms with E-state index < -0.39 is 0 Å². The summed E-state index contributed by atoms with van der Waals surface area (Å²) in [6.45, 7) is 8.33. The van der Waals surface area contributed by atoms with Gasteiger partial charge in [0.05, 0.1) is 6.10 Å². The first-order valence-electron chi connectivity index (χ1n) is 9.34. The third-order valence-corrected chi connectivity index (χ3v) is 6.46. The summed E-state index contributed by atoms with van der Waals surface area (Å²) in [6.07, 6.45) is 8.90. The molecule has 4 unspecified atom stereocenters. The summed E-state index contributed by atoms with van der Waals surface area (Å²) in [5.74, 6) is 2.63. The van der Waals surface area contributed by atoms with Crippen LogP contribution in [-0.4, -0.2) is 48.8 Å². The van der Waals surface area contributed by atoms with Crippen molar-refractivity contribution in [1.82, 2.24) is 10.2 Å². The second kappa shape index (κ2) is 5.82. The fraction of sp³-hybridized carbons (Fsp3) is 1.00. The molecule has 0 aromatic rings. The molecule has 0 spiro atoms. The third-order valence-electron chi connectivity index (χ3n) is 6.46. The van der Waals surface area contributed by atoms with E-state index in [4.69, 9.17) is 4.74 Å². The molecule has 4 rings (SSSR count). The monoisotopic (exact) mass is 292 g/mol. The number of rotatable bonds is 4. The molecule has 120 valence electrons. The van der Waals surface area contributed by atoms with Crippen LogP contribution in [0.4, 0.5) is 0 Å². The molecule has 21 heavy (non-hydrogen) atoms. The molecule has 2 aliphatic carbocycles. The van der Waals surface area contributed by atoms with Crippen molar-refractivity contribution in [2.24, 2.45) is 17.8 Å². The lowest BCUT2D eigenvalue weighted by molar-refractivity contribution is 0.0150. The van der Waals surface area contributed by atoms with Crippen LogP contribution in [0.1, 0.15) is 52.4 Å². The van der Waals surface area contributed by atoms with E-state index in [2.05, 4.69) is 24.1 Å². The Morgan fingerprint density at radius 3 is 2.29 bits per heavy atom. The largest absolute Gasteiger partial charge is 0.376 e. The van der Waals surface area contributed by atoms with Gasteiger partial charge in [0.1, 0.15) is 0 Å². The van der Waals surface area contributed by atoms with Crippen LogP contribution in [0, 0.1) is 17.8 Å². The molecule has 0 amide bonds. The Morgan fingerprint density at radius 1 is 0.952 bits per heavy atom. The second-order valence-electron chi connectivity index (χ2n) is 8.26. The smallest absolute Gasteiger partial charge is 0.0757 e. The van der Waals surface area contributed by atoms with Crippen LogP contribution < -0.4 is 5.32 Å². The predicted molar refractivity (Wildman–Crippen MR) is 85.3 cm³/mol. The van der Waals surface area contributed by atoms with Crippen LogP contribution in [0.2, 0.25) is 0 Å². The van der Waals surface area contributed by atoms with Crippen molar-refractivity contribution in [2.45, 2.75) is 76.6 Å². The standard InChI is InChI=1S/C18H32N2O/c1-12(2)20-10-14-4-3-5-15(11-20)17(14)19-16-8-9-21-18(16)13-6-7-13/h12-19H,3-11H2,1-2H3. The minimum Gasteiger partial charge on any atom is -0.376 e. The zero-order valence-electron chi connectivity index (χ0n) is 13.8. The van der Waals surface area contributed by atoms with Crippen molar-refractivity contribution in [3.05, 3.63) is 0 Å². The van der Waals surface area contributed by atoms with E-state index in [-0.39, 0.29) is 0 Å². The summed E-state index contributed by atoms with van der Waals surface area (Å²) in [5.41, 5.74) is 0. The summed E-state index contributed by atoms with van der Waals surface area (Å²) in [7, 11) is 0. The van der Waals surface area contributed by atoms with Gasteiger partial charge in [0, 0.05) is 37.8 Å². The zero-order chi connectivity index (χ0) is 14.4. The minimum atomic E-state index is 0.536. The number of nitrogens with zero attached hydrogens (tertiary/aromatic N) is 1. The minimum absolute atomic E-state index is 0.536. The Morgan fingerprint density at radius 2 is 1.67 bits per heavy atom. The van der Waals surface area contributed by atoms with E-state index in [0.717, 1.165) is 30.4 Å². The Labute approximate surface area is 129 Å². The highest BCUT2D eigenvalue weighted by molar-refractivity contribution is 5.00. The lowest BCUT2D eigenvalue weighted by atomic mass is 9.72. The highest BCUT2D eigenvalue weighted by Crippen LogP contribution is 2.41. The molecular weight excluding hydrogens is 260 g/mol. The van der Waals surface area contributed by atoms with Crippen molar-refractivity contribution in [2.75, 3.05) is 19.7 Å². The summed E-state index contributed by atoms with van der Waals surface area (Å²) in [4.78, 5) is 2.72. The quantitative estimate of drug-likeness (QED) is 0.862. The molecule has 1 N–H and O–H groups in total. The van der Waals surface area contributed by atoms with Crippen LogP contribution >= 0.6 is 0 Å². The fourth-order valence-corrected chi connectivity index (χ4v) is 5.09. The number of hydrogen-bond donors (Lipinski definition) is 1. The average Bonchev–Trinajstić information content (AvgIpc) is 3.18. The number of fused-ring (bicyclic) bond motifs is 2. The Hall–Kier alpha value is -0.120. The van der Waals surface area contributed by atoms with Gasteiger partial charge in [-0.05, 0) is 63.7 Å². The second-order valence-corrected chi connectivity index (χ2v) is 8.26. The van der Waals surface area contributed by atoms with E-state index in [1.807, 2.05) is 0 Å². The van der Waals surface area contributed by atoms with Crippen molar-refractivity contribution >= 4 is 0 Å². The molecule has 2 bridgehead atoms. The molecule has 0 radical (unpaired) electrons. The Kier molecular flexibility index (Phi) is 4.01. The first-order valence-corrected chi connectivity index (χ1v) is 9.34. The summed E-state index contributed by atoms with van der Waals surface area (Å²) >= 11 is 0. The van der Waals surface area contributed by atoms with Gasteiger partial charge in [-0.1, -0.05) is 6.42 Å². The topological polar surface area (TPSA) is 24.5 Å². The highest BCUT2D eigenvalue weighted by Gasteiger charge is 2.45. The van der Waals surface area contributed by atoms with Gasteiger partial charge < -0.3 is 15.0 Å². The van der Waals surface area contributed by atoms with Crippen molar-refractivity contribution in [3.63, 3.8) is 0 Å². The van der Waals surface area contributed by atoms with Crippen molar-refractivity contribution in [1.29, 1.82) is 0 Å². The molecule has 0 aromatic heterocycles. The first kappa shape index (κ1) is 14.5. The van der Waals surface area contributed by atoms with Crippen LogP contribution in [0.15, 0.2) is 0 Å². The van der Waals surface area contributed by atoms with Crippen LogP contribution in [0.25, 0.3) is 0 Å². The predicted octanol–water partition coefficient (Wildman–Crippen LogP) is 2.65. The van der Waals surface area contributed by atoms with E-state index in [9.17, 15) is 0 Å². The van der Waals surface area contributed by atoms with Gasteiger partial charge in [-0.2, -0.15) is 0 Å². The summed E-state index contributed by atoms with van der Waals surface area (Å²) in [5, 5.41) is 4.10. The van der Waals surface area contributed by atoms with Crippen molar-refractivity contribution in [3.8, 4) is 0 Å². The maximum atomic E-state index is 6.04. The average molecular weight is 292 g/mol. The fourth-order valence-electron chi connectivity index (χ4n) is 5.09. The molecule has 4 aliphatic rings.